The maximum Gasteiger partial charge on any atom is 0.164 e. The van der Waals surface area contributed by atoms with Crippen LogP contribution in [0, 0.1) is 0 Å². The van der Waals surface area contributed by atoms with E-state index in [0.717, 1.165) is 66.6 Å². The summed E-state index contributed by atoms with van der Waals surface area (Å²) in [6.45, 7) is 0. The van der Waals surface area contributed by atoms with E-state index in [1.165, 1.54) is 25.9 Å². The van der Waals surface area contributed by atoms with Crippen LogP contribution in [-0.2, 0) is 0 Å². The van der Waals surface area contributed by atoms with E-state index in [0.29, 0.717) is 17.5 Å². The average molecular weight is 796 g/mol. The van der Waals surface area contributed by atoms with Crippen LogP contribution in [0.5, 0.6) is 0 Å². The van der Waals surface area contributed by atoms with Crippen LogP contribution >= 0.6 is 11.3 Å². The third-order valence-electron chi connectivity index (χ3n) is 11.3. The van der Waals surface area contributed by atoms with E-state index >= 15 is 0 Å². The summed E-state index contributed by atoms with van der Waals surface area (Å²) in [5, 5.41) is 2.34. The highest BCUT2D eigenvalue weighted by atomic mass is 32.1. The number of benzene rings is 9. The first-order valence-electron chi connectivity index (χ1n) is 20.5. The minimum atomic E-state index is 0.615. The molecule has 0 aliphatic heterocycles. The maximum absolute atomic E-state index is 5.41. The van der Waals surface area contributed by atoms with Crippen molar-refractivity contribution in [2.75, 3.05) is 0 Å². The lowest BCUT2D eigenvalue weighted by molar-refractivity contribution is 1.08. The van der Waals surface area contributed by atoms with Gasteiger partial charge in [0.2, 0.25) is 0 Å². The van der Waals surface area contributed by atoms with Crippen LogP contribution in [0.15, 0.2) is 224 Å². The zero-order valence-corrected chi connectivity index (χ0v) is 33.9. The smallest absolute Gasteiger partial charge is 0.164 e. The van der Waals surface area contributed by atoms with Gasteiger partial charge in [0.1, 0.15) is 0 Å². The van der Waals surface area contributed by atoms with Crippen molar-refractivity contribution in [3.8, 4) is 89.8 Å². The summed E-state index contributed by atoms with van der Waals surface area (Å²) in [4.78, 5) is 16.2. The van der Waals surface area contributed by atoms with Gasteiger partial charge in [-0.1, -0.05) is 176 Å². The maximum atomic E-state index is 5.41. The molecule has 61 heavy (non-hydrogen) atoms. The second-order valence-electron chi connectivity index (χ2n) is 15.2. The number of fused-ring (bicyclic) bond motifs is 3. The molecule has 0 N–H and O–H groups in total. The highest BCUT2D eigenvalue weighted by Gasteiger charge is 2.20. The third kappa shape index (κ3) is 7.20. The van der Waals surface area contributed by atoms with Gasteiger partial charge in [0.05, 0.1) is 0 Å². The molecule has 286 valence electrons. The second-order valence-corrected chi connectivity index (χ2v) is 16.3. The lowest BCUT2D eigenvalue weighted by Gasteiger charge is -2.14. The first-order valence-corrected chi connectivity index (χ1v) is 21.3. The van der Waals surface area contributed by atoms with E-state index in [-0.39, 0.29) is 0 Å². The molecule has 0 amide bonds. The zero-order chi connectivity index (χ0) is 40.5. The first kappa shape index (κ1) is 36.3. The molecule has 0 atom stereocenters. The van der Waals surface area contributed by atoms with Gasteiger partial charge in [-0.15, -0.1) is 11.3 Å². The van der Waals surface area contributed by atoms with Crippen LogP contribution in [0.25, 0.3) is 110 Å². The van der Waals surface area contributed by atoms with Gasteiger partial charge in [-0.3, -0.25) is 0 Å². The predicted octanol–water partition coefficient (Wildman–Crippen LogP) is 15.6. The molecule has 0 radical (unpaired) electrons. The number of thiophene rings is 1. The molecular weight excluding hydrogens is 759 g/mol. The largest absolute Gasteiger partial charge is 0.208 e. The molecular formula is C57H37N3S. The first-order chi connectivity index (χ1) is 30.2. The lowest BCUT2D eigenvalue weighted by Crippen LogP contribution is -2.01. The van der Waals surface area contributed by atoms with Crippen molar-refractivity contribution in [2.24, 2.45) is 0 Å². The van der Waals surface area contributed by atoms with Crippen LogP contribution < -0.4 is 0 Å². The number of nitrogens with zero attached hydrogens (tertiary/aromatic N) is 3. The third-order valence-corrected chi connectivity index (χ3v) is 12.4. The Labute approximate surface area is 359 Å². The van der Waals surface area contributed by atoms with Gasteiger partial charge in [0.25, 0.3) is 0 Å². The number of hydrogen-bond acceptors (Lipinski definition) is 4. The summed E-state index contributed by atoms with van der Waals surface area (Å²) in [6.07, 6.45) is 0. The Kier molecular flexibility index (Phi) is 9.38. The Morgan fingerprint density at radius 2 is 0.623 bits per heavy atom. The fraction of sp³-hybridized carbons (Fsp3) is 0. The van der Waals surface area contributed by atoms with Gasteiger partial charge in [-0.2, -0.15) is 0 Å². The number of hydrogen-bond donors (Lipinski definition) is 0. The van der Waals surface area contributed by atoms with Crippen molar-refractivity contribution in [3.63, 3.8) is 0 Å². The normalized spacial score (nSPS) is 11.3. The summed E-state index contributed by atoms with van der Waals surface area (Å²) >= 11 is 1.81. The molecule has 2 heterocycles. The SMILES string of the molecule is c1ccc(-c2cc(-c3ccccc3)cc(-c3nc(-c4cc(-c5ccccc5)cc(-c5ccccc5)c4)nc(-c4cccc5sc6cc(-c7ccccc7)ccc6c45)n3)c2)cc1. The van der Waals surface area contributed by atoms with Gasteiger partial charge in [-0.05, 0) is 104 Å². The second kappa shape index (κ2) is 15.8. The Morgan fingerprint density at radius 3 is 1.05 bits per heavy atom. The van der Waals surface area contributed by atoms with Crippen LogP contribution in [0.3, 0.4) is 0 Å². The minimum absolute atomic E-state index is 0.615. The summed E-state index contributed by atoms with van der Waals surface area (Å²) in [6, 6.07) is 79.4. The van der Waals surface area contributed by atoms with Gasteiger partial charge in [0, 0.05) is 36.9 Å². The molecule has 0 spiro atoms. The van der Waals surface area contributed by atoms with Crippen LogP contribution in [0.2, 0.25) is 0 Å². The molecule has 11 rings (SSSR count). The van der Waals surface area contributed by atoms with Crippen LogP contribution in [0.4, 0.5) is 0 Å². The van der Waals surface area contributed by atoms with E-state index in [1.807, 2.05) is 11.3 Å². The molecule has 0 unspecified atom stereocenters. The highest BCUT2D eigenvalue weighted by Crippen LogP contribution is 2.42. The lowest BCUT2D eigenvalue weighted by atomic mass is 9.95. The van der Waals surface area contributed by atoms with E-state index in [2.05, 4.69) is 224 Å². The van der Waals surface area contributed by atoms with E-state index in [9.17, 15) is 0 Å². The van der Waals surface area contributed by atoms with Gasteiger partial charge in [-0.25, -0.2) is 15.0 Å². The molecule has 0 bridgehead atoms. The summed E-state index contributed by atoms with van der Waals surface area (Å²) in [7, 11) is 0. The van der Waals surface area contributed by atoms with Crippen molar-refractivity contribution in [1.82, 2.24) is 15.0 Å². The Bertz CT molecular complexity index is 3070. The Hall–Kier alpha value is -7.79. The van der Waals surface area contributed by atoms with Crippen molar-refractivity contribution in [2.45, 2.75) is 0 Å². The van der Waals surface area contributed by atoms with Crippen molar-refractivity contribution in [3.05, 3.63) is 224 Å². The molecule has 0 fully saturated rings. The molecule has 0 saturated heterocycles. The molecule has 0 aliphatic carbocycles. The highest BCUT2D eigenvalue weighted by molar-refractivity contribution is 7.26. The van der Waals surface area contributed by atoms with Crippen molar-refractivity contribution in [1.29, 1.82) is 0 Å². The van der Waals surface area contributed by atoms with Gasteiger partial charge in [0.15, 0.2) is 17.5 Å². The summed E-state index contributed by atoms with van der Waals surface area (Å²) < 4.78 is 2.42. The van der Waals surface area contributed by atoms with Gasteiger partial charge >= 0.3 is 0 Å². The fourth-order valence-electron chi connectivity index (χ4n) is 8.28. The average Bonchev–Trinajstić information content (AvgIpc) is 3.73. The summed E-state index contributed by atoms with van der Waals surface area (Å²) in [5.41, 5.74) is 14.1. The number of rotatable bonds is 8. The molecule has 2 aromatic heterocycles. The molecule has 4 heteroatoms. The van der Waals surface area contributed by atoms with Gasteiger partial charge < -0.3 is 0 Å². The Morgan fingerprint density at radius 1 is 0.246 bits per heavy atom. The quantitative estimate of drug-likeness (QED) is 0.154. The standard InChI is InChI=1S/C57H37N3S/c1-6-17-38(18-7-1)43-29-30-50-53(37-43)61-52-28-16-27-51(54(50)52)57-59-55(48-33-44(39-19-8-2-9-20-39)31-45(34-48)40-21-10-3-11-22-40)58-56(60-57)49-35-46(41-23-12-4-13-24-41)32-47(36-49)42-25-14-5-15-26-42/h1-37H. The van der Waals surface area contributed by atoms with E-state index in [4.69, 9.17) is 15.0 Å². The van der Waals surface area contributed by atoms with Crippen molar-refractivity contribution >= 4 is 31.5 Å². The molecule has 0 saturated carbocycles. The zero-order valence-electron chi connectivity index (χ0n) is 33.1. The predicted molar refractivity (Wildman–Crippen MR) is 256 cm³/mol. The van der Waals surface area contributed by atoms with Crippen molar-refractivity contribution < 1.29 is 0 Å². The Balaban J connectivity index is 1.17. The monoisotopic (exact) mass is 795 g/mol. The van der Waals surface area contributed by atoms with E-state index in [1.54, 1.807) is 0 Å². The molecule has 0 aliphatic rings. The number of aromatic nitrogens is 3. The molecule has 3 nitrogen and oxygen atoms in total. The molecule has 9 aromatic carbocycles. The summed E-state index contributed by atoms with van der Waals surface area (Å²) in [5.74, 6) is 1.86. The minimum Gasteiger partial charge on any atom is -0.208 e. The molecule has 11 aromatic rings. The van der Waals surface area contributed by atoms with Crippen LogP contribution in [0.1, 0.15) is 0 Å². The van der Waals surface area contributed by atoms with Crippen LogP contribution in [-0.4, -0.2) is 15.0 Å². The van der Waals surface area contributed by atoms with E-state index < -0.39 is 0 Å². The topological polar surface area (TPSA) is 38.7 Å². The fourth-order valence-corrected chi connectivity index (χ4v) is 9.45.